The lowest BCUT2D eigenvalue weighted by Gasteiger charge is -2.16. The lowest BCUT2D eigenvalue weighted by atomic mass is 10.0. The molecule has 1 unspecified atom stereocenters. The number of benzene rings is 2. The SMILES string of the molecule is COc1c(Br)cc(Cl)cc1C(Br)Cc1ccc(Cl)c(Cl)c1. The van der Waals surface area contributed by atoms with E-state index in [0.29, 0.717) is 15.1 Å². The summed E-state index contributed by atoms with van der Waals surface area (Å²) in [6.45, 7) is 0. The molecule has 0 aliphatic heterocycles. The molecule has 0 aromatic heterocycles. The molecular weight excluding hydrogens is 462 g/mol. The van der Waals surface area contributed by atoms with Gasteiger partial charge in [0.1, 0.15) is 5.75 Å². The molecule has 0 aliphatic carbocycles. The van der Waals surface area contributed by atoms with E-state index in [9.17, 15) is 0 Å². The Kier molecular flexibility index (Phi) is 6.27. The molecular formula is C15H11Br2Cl3O. The summed E-state index contributed by atoms with van der Waals surface area (Å²) in [5, 5.41) is 1.75. The first kappa shape index (κ1) is 17.4. The molecule has 0 heterocycles. The van der Waals surface area contributed by atoms with Crippen molar-refractivity contribution in [2.75, 3.05) is 7.11 Å². The minimum Gasteiger partial charge on any atom is -0.495 e. The van der Waals surface area contributed by atoms with Crippen LogP contribution < -0.4 is 4.74 Å². The van der Waals surface area contributed by atoms with Gasteiger partial charge < -0.3 is 4.74 Å². The second-order valence-corrected chi connectivity index (χ2v) is 7.64. The van der Waals surface area contributed by atoms with Crippen LogP contribution in [0.3, 0.4) is 0 Å². The number of hydrogen-bond acceptors (Lipinski definition) is 1. The standard InChI is InChI=1S/C15H11Br2Cl3O/c1-21-15-10(6-9(18)7-12(15)17)11(16)4-8-2-3-13(19)14(20)5-8/h2-3,5-7,11H,4H2,1H3. The Bertz CT molecular complexity index is 662. The summed E-state index contributed by atoms with van der Waals surface area (Å²) >= 11 is 25.3. The molecule has 0 spiro atoms. The van der Waals surface area contributed by atoms with Crippen molar-refractivity contribution in [3.63, 3.8) is 0 Å². The fourth-order valence-corrected chi connectivity index (χ4v) is 4.04. The van der Waals surface area contributed by atoms with Crippen LogP contribution in [0, 0.1) is 0 Å². The molecule has 0 saturated carbocycles. The van der Waals surface area contributed by atoms with Crippen molar-refractivity contribution in [1.29, 1.82) is 0 Å². The minimum atomic E-state index is 0.0414. The summed E-state index contributed by atoms with van der Waals surface area (Å²) in [5.74, 6) is 0.765. The third kappa shape index (κ3) is 4.29. The maximum atomic E-state index is 6.13. The lowest BCUT2D eigenvalue weighted by Crippen LogP contribution is -2.00. The zero-order valence-electron chi connectivity index (χ0n) is 11.0. The molecule has 112 valence electrons. The number of alkyl halides is 1. The van der Waals surface area contributed by atoms with Crippen LogP contribution in [0.15, 0.2) is 34.8 Å². The summed E-state index contributed by atoms with van der Waals surface area (Å²) in [6.07, 6.45) is 0.736. The van der Waals surface area contributed by atoms with Gasteiger partial charge >= 0.3 is 0 Å². The van der Waals surface area contributed by atoms with E-state index in [-0.39, 0.29) is 4.83 Å². The smallest absolute Gasteiger partial charge is 0.137 e. The molecule has 0 aliphatic rings. The summed E-state index contributed by atoms with van der Waals surface area (Å²) in [6, 6.07) is 9.31. The molecule has 0 N–H and O–H groups in total. The second kappa shape index (κ2) is 7.56. The molecule has 0 amide bonds. The molecule has 0 bridgehead atoms. The average Bonchev–Trinajstić information content (AvgIpc) is 2.42. The van der Waals surface area contributed by atoms with E-state index in [1.165, 1.54) is 0 Å². The van der Waals surface area contributed by atoms with Gasteiger partial charge in [-0.25, -0.2) is 0 Å². The molecule has 0 radical (unpaired) electrons. The van der Waals surface area contributed by atoms with Crippen molar-refractivity contribution in [2.24, 2.45) is 0 Å². The summed E-state index contributed by atoms with van der Waals surface area (Å²) in [4.78, 5) is 0.0414. The van der Waals surface area contributed by atoms with Crippen LogP contribution in [0.2, 0.25) is 15.1 Å². The Morgan fingerprint density at radius 2 is 1.81 bits per heavy atom. The Hall–Kier alpha value is 0.0700. The van der Waals surface area contributed by atoms with E-state index in [1.807, 2.05) is 24.3 Å². The van der Waals surface area contributed by atoms with Gasteiger partial charge in [-0.1, -0.05) is 56.8 Å². The minimum absolute atomic E-state index is 0.0414. The van der Waals surface area contributed by atoms with Crippen molar-refractivity contribution in [3.05, 3.63) is 61.0 Å². The van der Waals surface area contributed by atoms with Crippen LogP contribution in [0.4, 0.5) is 0 Å². The van der Waals surface area contributed by atoms with Crippen LogP contribution in [0.25, 0.3) is 0 Å². The van der Waals surface area contributed by atoms with Crippen LogP contribution >= 0.6 is 66.7 Å². The first-order valence-corrected chi connectivity index (χ1v) is 8.87. The third-order valence-corrected chi connectivity index (χ3v) is 5.34. The number of hydrogen-bond donors (Lipinski definition) is 0. The van der Waals surface area contributed by atoms with E-state index < -0.39 is 0 Å². The molecule has 6 heteroatoms. The predicted molar refractivity (Wildman–Crippen MR) is 97.5 cm³/mol. The molecule has 2 aromatic carbocycles. The highest BCUT2D eigenvalue weighted by atomic mass is 79.9. The van der Waals surface area contributed by atoms with Gasteiger partial charge in [0, 0.05) is 15.4 Å². The van der Waals surface area contributed by atoms with Gasteiger partial charge in [-0.05, 0) is 52.2 Å². The highest BCUT2D eigenvalue weighted by molar-refractivity contribution is 9.10. The van der Waals surface area contributed by atoms with Crippen LogP contribution in [0.1, 0.15) is 16.0 Å². The second-order valence-electron chi connectivity index (χ2n) is 4.43. The maximum Gasteiger partial charge on any atom is 0.137 e. The third-order valence-electron chi connectivity index (χ3n) is 2.98. The summed E-state index contributed by atoms with van der Waals surface area (Å²) in [7, 11) is 1.64. The molecule has 2 aromatic rings. The van der Waals surface area contributed by atoms with Gasteiger partial charge in [-0.15, -0.1) is 0 Å². The fourth-order valence-electron chi connectivity index (χ4n) is 2.01. The maximum absolute atomic E-state index is 6.13. The molecule has 21 heavy (non-hydrogen) atoms. The predicted octanol–water partition coefficient (Wildman–Crippen LogP) is 7.10. The fraction of sp³-hybridized carbons (Fsp3) is 0.200. The molecule has 0 saturated heterocycles. The quantitative estimate of drug-likeness (QED) is 0.431. The normalized spacial score (nSPS) is 12.3. The Balaban J connectivity index is 2.31. The Morgan fingerprint density at radius 1 is 1.10 bits per heavy atom. The van der Waals surface area contributed by atoms with Gasteiger partial charge in [0.25, 0.3) is 0 Å². The van der Waals surface area contributed by atoms with Crippen molar-refractivity contribution >= 4 is 66.7 Å². The molecule has 1 nitrogen and oxygen atoms in total. The van der Waals surface area contributed by atoms with E-state index >= 15 is 0 Å². The van der Waals surface area contributed by atoms with Crippen LogP contribution in [-0.4, -0.2) is 7.11 Å². The highest BCUT2D eigenvalue weighted by Crippen LogP contribution is 2.40. The first-order chi connectivity index (χ1) is 9.92. The number of halogens is 5. The summed E-state index contributed by atoms with van der Waals surface area (Å²) in [5.41, 5.74) is 2.05. The largest absolute Gasteiger partial charge is 0.495 e. The average molecular weight is 473 g/mol. The van der Waals surface area contributed by atoms with E-state index in [1.54, 1.807) is 13.2 Å². The van der Waals surface area contributed by atoms with Gasteiger partial charge in [0.2, 0.25) is 0 Å². The van der Waals surface area contributed by atoms with E-state index in [4.69, 9.17) is 39.5 Å². The number of rotatable bonds is 4. The van der Waals surface area contributed by atoms with E-state index in [0.717, 1.165) is 27.8 Å². The zero-order chi connectivity index (χ0) is 15.6. The molecule has 2 rings (SSSR count). The van der Waals surface area contributed by atoms with Crippen LogP contribution in [-0.2, 0) is 6.42 Å². The van der Waals surface area contributed by atoms with E-state index in [2.05, 4.69) is 31.9 Å². The Morgan fingerprint density at radius 3 is 2.43 bits per heavy atom. The number of ether oxygens (including phenoxy) is 1. The van der Waals surface area contributed by atoms with Crippen molar-refractivity contribution < 1.29 is 4.74 Å². The van der Waals surface area contributed by atoms with Gasteiger partial charge in [0.15, 0.2) is 0 Å². The topological polar surface area (TPSA) is 9.23 Å². The van der Waals surface area contributed by atoms with Gasteiger partial charge in [0.05, 0.1) is 21.6 Å². The van der Waals surface area contributed by atoms with Crippen molar-refractivity contribution in [2.45, 2.75) is 11.2 Å². The lowest BCUT2D eigenvalue weighted by molar-refractivity contribution is 0.407. The van der Waals surface area contributed by atoms with Gasteiger partial charge in [-0.2, -0.15) is 0 Å². The van der Waals surface area contributed by atoms with Crippen molar-refractivity contribution in [3.8, 4) is 5.75 Å². The molecule has 1 atom stereocenters. The summed E-state index contributed by atoms with van der Waals surface area (Å²) < 4.78 is 6.28. The number of methoxy groups -OCH3 is 1. The van der Waals surface area contributed by atoms with Crippen molar-refractivity contribution in [1.82, 2.24) is 0 Å². The molecule has 0 fully saturated rings. The Labute approximate surface area is 155 Å². The first-order valence-electron chi connectivity index (χ1n) is 6.03. The highest BCUT2D eigenvalue weighted by Gasteiger charge is 2.17. The van der Waals surface area contributed by atoms with Gasteiger partial charge in [-0.3, -0.25) is 0 Å². The van der Waals surface area contributed by atoms with Crippen LogP contribution in [0.5, 0.6) is 5.75 Å². The monoisotopic (exact) mass is 470 g/mol. The zero-order valence-corrected chi connectivity index (χ0v) is 16.4.